The molecule has 0 amide bonds. The lowest BCUT2D eigenvalue weighted by molar-refractivity contribution is 0.0691. The predicted molar refractivity (Wildman–Crippen MR) is 80.2 cm³/mol. The number of fused-ring (bicyclic) bond motifs is 1. The van der Waals surface area contributed by atoms with Gasteiger partial charge in [0, 0.05) is 17.6 Å². The van der Waals surface area contributed by atoms with Crippen LogP contribution in [-0.4, -0.2) is 34.6 Å². The van der Waals surface area contributed by atoms with Gasteiger partial charge in [0.2, 0.25) is 0 Å². The van der Waals surface area contributed by atoms with Crippen LogP contribution in [0.4, 0.5) is 5.69 Å². The molecule has 2 rings (SSSR count). The maximum atomic E-state index is 11.1. The van der Waals surface area contributed by atoms with E-state index in [1.165, 1.54) is 0 Å². The molecule has 19 heavy (non-hydrogen) atoms. The van der Waals surface area contributed by atoms with Crippen LogP contribution in [0, 0.1) is 0 Å². The molecule has 5 heteroatoms. The van der Waals surface area contributed by atoms with Crippen LogP contribution in [-0.2, 0) is 0 Å². The average molecular weight is 276 g/mol. The minimum Gasteiger partial charge on any atom is -0.477 e. The first kappa shape index (κ1) is 13.7. The van der Waals surface area contributed by atoms with E-state index in [1.54, 1.807) is 17.8 Å². The first-order valence-corrected chi connectivity index (χ1v) is 7.47. The number of nitrogens with zero attached hydrogens (tertiary/aromatic N) is 1. The molecule has 4 nitrogen and oxygen atoms in total. The third-order valence-corrected chi connectivity index (χ3v) is 3.47. The Morgan fingerprint density at radius 3 is 2.95 bits per heavy atom. The van der Waals surface area contributed by atoms with E-state index in [0.29, 0.717) is 5.52 Å². The van der Waals surface area contributed by atoms with Gasteiger partial charge in [-0.05, 0) is 30.6 Å². The van der Waals surface area contributed by atoms with Crippen LogP contribution in [0.2, 0.25) is 0 Å². The van der Waals surface area contributed by atoms with Crippen LogP contribution in [0.3, 0.4) is 0 Å². The van der Waals surface area contributed by atoms with E-state index < -0.39 is 5.97 Å². The number of para-hydroxylation sites is 1. The van der Waals surface area contributed by atoms with Gasteiger partial charge in [-0.2, -0.15) is 11.8 Å². The normalized spacial score (nSPS) is 10.6. The van der Waals surface area contributed by atoms with E-state index in [1.807, 2.05) is 24.3 Å². The zero-order valence-electron chi connectivity index (χ0n) is 10.7. The minimum absolute atomic E-state index is 0.0751. The van der Waals surface area contributed by atoms with Crippen molar-refractivity contribution in [1.82, 2.24) is 4.98 Å². The van der Waals surface area contributed by atoms with E-state index in [9.17, 15) is 4.79 Å². The number of anilines is 1. The van der Waals surface area contributed by atoms with Gasteiger partial charge >= 0.3 is 5.97 Å². The van der Waals surface area contributed by atoms with E-state index in [2.05, 4.69) is 16.6 Å². The summed E-state index contributed by atoms with van der Waals surface area (Å²) >= 11 is 1.80. The van der Waals surface area contributed by atoms with Crippen LogP contribution in [0.1, 0.15) is 16.9 Å². The summed E-state index contributed by atoms with van der Waals surface area (Å²) < 4.78 is 0. The van der Waals surface area contributed by atoms with Crippen LogP contribution in [0.25, 0.3) is 10.9 Å². The number of carboxylic acids is 1. The molecular weight excluding hydrogens is 260 g/mol. The first-order valence-electron chi connectivity index (χ1n) is 6.08. The molecule has 2 N–H and O–H groups in total. The predicted octanol–water partition coefficient (Wildman–Crippen LogP) is 3.10. The number of hydrogen-bond donors (Lipinski definition) is 2. The standard InChI is InChI=1S/C14H16N2O2S/c1-19-8-4-7-15-12-9-13(14(17)18)16-11-6-3-2-5-10(11)12/h2-3,5-6,9H,4,7-8H2,1H3,(H,15,16)(H,17,18). The largest absolute Gasteiger partial charge is 0.477 e. The van der Waals surface area contributed by atoms with E-state index in [-0.39, 0.29) is 5.69 Å². The van der Waals surface area contributed by atoms with E-state index >= 15 is 0 Å². The van der Waals surface area contributed by atoms with Gasteiger partial charge in [-0.25, -0.2) is 9.78 Å². The van der Waals surface area contributed by atoms with Crippen molar-refractivity contribution in [2.75, 3.05) is 23.9 Å². The van der Waals surface area contributed by atoms with E-state index in [0.717, 1.165) is 29.8 Å². The van der Waals surface area contributed by atoms with Crippen molar-refractivity contribution in [3.63, 3.8) is 0 Å². The van der Waals surface area contributed by atoms with Gasteiger partial charge in [-0.3, -0.25) is 0 Å². The fourth-order valence-corrected chi connectivity index (χ4v) is 2.30. The van der Waals surface area contributed by atoms with Crippen molar-refractivity contribution in [1.29, 1.82) is 0 Å². The molecule has 0 saturated heterocycles. The van der Waals surface area contributed by atoms with Gasteiger partial charge in [0.1, 0.15) is 0 Å². The topological polar surface area (TPSA) is 62.2 Å². The van der Waals surface area contributed by atoms with Crippen molar-refractivity contribution in [3.05, 3.63) is 36.0 Å². The Morgan fingerprint density at radius 1 is 1.42 bits per heavy atom. The smallest absolute Gasteiger partial charge is 0.354 e. The number of hydrogen-bond acceptors (Lipinski definition) is 4. The third-order valence-electron chi connectivity index (χ3n) is 2.78. The van der Waals surface area contributed by atoms with Gasteiger partial charge in [-0.1, -0.05) is 18.2 Å². The molecular formula is C14H16N2O2S. The lowest BCUT2D eigenvalue weighted by Gasteiger charge is -2.10. The zero-order valence-corrected chi connectivity index (χ0v) is 11.5. The molecule has 0 aliphatic carbocycles. The average Bonchev–Trinajstić information content (AvgIpc) is 2.43. The highest BCUT2D eigenvalue weighted by atomic mass is 32.2. The Kier molecular flexibility index (Phi) is 4.63. The van der Waals surface area contributed by atoms with Gasteiger partial charge in [-0.15, -0.1) is 0 Å². The Balaban J connectivity index is 2.31. The third kappa shape index (κ3) is 3.38. The van der Waals surface area contributed by atoms with Crippen molar-refractivity contribution in [2.24, 2.45) is 0 Å². The lowest BCUT2D eigenvalue weighted by Crippen LogP contribution is -2.07. The van der Waals surface area contributed by atoms with Gasteiger partial charge in [0.05, 0.1) is 5.52 Å². The highest BCUT2D eigenvalue weighted by molar-refractivity contribution is 7.98. The quantitative estimate of drug-likeness (QED) is 0.794. The second-order valence-electron chi connectivity index (χ2n) is 4.15. The number of aromatic carboxylic acids is 1. The molecule has 0 bridgehead atoms. The number of thioether (sulfide) groups is 1. The second-order valence-corrected chi connectivity index (χ2v) is 5.14. The fraction of sp³-hybridized carbons (Fsp3) is 0.286. The van der Waals surface area contributed by atoms with Crippen LogP contribution >= 0.6 is 11.8 Å². The Morgan fingerprint density at radius 2 is 2.21 bits per heavy atom. The highest BCUT2D eigenvalue weighted by Crippen LogP contribution is 2.23. The number of carboxylic acid groups (broad SMARTS) is 1. The zero-order chi connectivity index (χ0) is 13.7. The molecule has 1 aromatic heterocycles. The summed E-state index contributed by atoms with van der Waals surface area (Å²) in [7, 11) is 0. The number of pyridine rings is 1. The number of nitrogens with one attached hydrogen (secondary N) is 1. The Bertz CT molecular complexity index is 587. The van der Waals surface area contributed by atoms with Crippen LogP contribution in [0.5, 0.6) is 0 Å². The number of benzene rings is 1. The van der Waals surface area contributed by atoms with Crippen molar-refractivity contribution in [3.8, 4) is 0 Å². The molecule has 100 valence electrons. The molecule has 2 aromatic rings. The molecule has 1 heterocycles. The molecule has 0 radical (unpaired) electrons. The molecule has 0 fully saturated rings. The Hall–Kier alpha value is -1.75. The first-order chi connectivity index (χ1) is 9.22. The molecule has 0 saturated carbocycles. The molecule has 0 unspecified atom stereocenters. The second kappa shape index (κ2) is 6.43. The van der Waals surface area contributed by atoms with Crippen molar-refractivity contribution < 1.29 is 9.90 Å². The summed E-state index contributed by atoms with van der Waals surface area (Å²) in [6.45, 7) is 0.827. The van der Waals surface area contributed by atoms with Crippen molar-refractivity contribution in [2.45, 2.75) is 6.42 Å². The minimum atomic E-state index is -1.00. The molecule has 0 atom stereocenters. The van der Waals surface area contributed by atoms with Gasteiger partial charge < -0.3 is 10.4 Å². The van der Waals surface area contributed by atoms with Gasteiger partial charge in [0.15, 0.2) is 5.69 Å². The van der Waals surface area contributed by atoms with Crippen LogP contribution in [0.15, 0.2) is 30.3 Å². The summed E-state index contributed by atoms with van der Waals surface area (Å²) in [5, 5.41) is 13.3. The van der Waals surface area contributed by atoms with Crippen LogP contribution < -0.4 is 5.32 Å². The number of carbonyl (C=O) groups is 1. The fourth-order valence-electron chi connectivity index (χ4n) is 1.87. The maximum Gasteiger partial charge on any atom is 0.354 e. The molecule has 0 aliphatic heterocycles. The van der Waals surface area contributed by atoms with E-state index in [4.69, 9.17) is 5.11 Å². The summed E-state index contributed by atoms with van der Waals surface area (Å²) in [4.78, 5) is 15.2. The van der Waals surface area contributed by atoms with Gasteiger partial charge in [0.25, 0.3) is 0 Å². The SMILES string of the molecule is CSCCCNc1cc(C(=O)O)nc2ccccc12. The number of aromatic nitrogens is 1. The molecule has 0 aliphatic rings. The summed E-state index contributed by atoms with van der Waals surface area (Å²) in [6.07, 6.45) is 3.12. The molecule has 0 spiro atoms. The number of rotatable bonds is 6. The maximum absolute atomic E-state index is 11.1. The lowest BCUT2D eigenvalue weighted by atomic mass is 10.1. The highest BCUT2D eigenvalue weighted by Gasteiger charge is 2.10. The summed E-state index contributed by atoms with van der Waals surface area (Å²) in [5.41, 5.74) is 1.62. The molecule has 1 aromatic carbocycles. The Labute approximate surface area is 116 Å². The van der Waals surface area contributed by atoms with Crippen molar-refractivity contribution >= 4 is 34.3 Å². The summed E-state index contributed by atoms with van der Waals surface area (Å²) in [6, 6.07) is 9.17. The monoisotopic (exact) mass is 276 g/mol. The summed E-state index contributed by atoms with van der Waals surface area (Å²) in [5.74, 6) is 0.0832.